The van der Waals surface area contributed by atoms with Crippen LogP contribution in [0.4, 0.5) is 0 Å². The van der Waals surface area contributed by atoms with E-state index in [-0.39, 0.29) is 5.91 Å². The Morgan fingerprint density at radius 3 is 2.19 bits per heavy atom. The maximum absolute atomic E-state index is 12.5. The minimum absolute atomic E-state index is 0.335. The van der Waals surface area contributed by atoms with Gasteiger partial charge in [-0.25, -0.2) is 5.43 Å². The number of esters is 1. The average Bonchev–Trinajstić information content (AvgIpc) is 2.64. The Kier molecular flexibility index (Phi) is 7.39. The molecule has 5 nitrogen and oxygen atoms in total. The summed E-state index contributed by atoms with van der Waals surface area (Å²) in [6.07, 6.45) is 0.390. The Morgan fingerprint density at radius 1 is 1.00 bits per heavy atom. The van der Waals surface area contributed by atoms with Gasteiger partial charge in [-0.3, -0.25) is 15.0 Å². The van der Waals surface area contributed by atoms with Crippen LogP contribution in [0.15, 0.2) is 54.6 Å². The van der Waals surface area contributed by atoms with Gasteiger partial charge in [-0.1, -0.05) is 42.5 Å². The third-order valence-electron chi connectivity index (χ3n) is 3.70. The number of hydrogen-bond acceptors (Lipinski definition) is 4. The number of hydrazine groups is 1. The van der Waals surface area contributed by atoms with Crippen molar-refractivity contribution in [3.8, 4) is 0 Å². The summed E-state index contributed by atoms with van der Waals surface area (Å²) in [7, 11) is 0. The highest BCUT2D eigenvalue weighted by Crippen LogP contribution is 2.12. The maximum atomic E-state index is 12.5. The highest BCUT2D eigenvalue weighted by atomic mass is 35.5. The standard InChI is InChI=1S/C21H25ClN2O3/c1-21(2,3)27-20(26)18(13-15-7-5-4-6-8-15)23-24-19(25)17-11-9-16(14-22)10-12-17/h4-12,18,23H,13-14H2,1-3H3,(H,24,25)/t18-/m0/s1. The van der Waals surface area contributed by atoms with Crippen molar-refractivity contribution >= 4 is 23.5 Å². The number of hydrogen-bond donors (Lipinski definition) is 2. The van der Waals surface area contributed by atoms with Crippen LogP contribution in [0, 0.1) is 0 Å². The molecule has 2 N–H and O–H groups in total. The number of alkyl halides is 1. The zero-order valence-electron chi connectivity index (χ0n) is 15.8. The van der Waals surface area contributed by atoms with E-state index in [1.54, 1.807) is 24.3 Å². The molecule has 27 heavy (non-hydrogen) atoms. The highest BCUT2D eigenvalue weighted by molar-refractivity contribution is 6.17. The van der Waals surface area contributed by atoms with Crippen LogP contribution in [-0.4, -0.2) is 23.5 Å². The summed E-state index contributed by atoms with van der Waals surface area (Å²) in [6, 6.07) is 15.8. The van der Waals surface area contributed by atoms with Gasteiger partial charge in [0, 0.05) is 17.9 Å². The fourth-order valence-electron chi connectivity index (χ4n) is 2.39. The van der Waals surface area contributed by atoms with Gasteiger partial charge in [0.05, 0.1) is 0 Å². The first kappa shape index (κ1) is 20.9. The van der Waals surface area contributed by atoms with Gasteiger partial charge in [-0.2, -0.15) is 0 Å². The number of benzene rings is 2. The molecule has 1 amide bonds. The summed E-state index contributed by atoms with van der Waals surface area (Å²) in [5.74, 6) is -0.375. The van der Waals surface area contributed by atoms with Crippen LogP contribution >= 0.6 is 11.6 Å². The molecule has 1 atom stereocenters. The molecule has 0 aromatic heterocycles. The number of nitrogens with one attached hydrogen (secondary N) is 2. The third kappa shape index (κ3) is 7.04. The van der Waals surface area contributed by atoms with Crippen LogP contribution in [0.25, 0.3) is 0 Å². The quantitative estimate of drug-likeness (QED) is 0.432. The summed E-state index contributed by atoms with van der Waals surface area (Å²) in [4.78, 5) is 24.9. The smallest absolute Gasteiger partial charge is 0.325 e. The van der Waals surface area contributed by atoms with Crippen LogP contribution in [0.2, 0.25) is 0 Å². The molecule has 0 heterocycles. The second-order valence-corrected chi connectivity index (χ2v) is 7.47. The molecule has 0 aliphatic carbocycles. The lowest BCUT2D eigenvalue weighted by Crippen LogP contribution is -2.51. The van der Waals surface area contributed by atoms with Gasteiger partial charge >= 0.3 is 5.97 Å². The molecular weight excluding hydrogens is 364 g/mol. The van der Waals surface area contributed by atoms with Crippen molar-refractivity contribution in [1.29, 1.82) is 0 Å². The van der Waals surface area contributed by atoms with E-state index in [9.17, 15) is 9.59 Å². The molecule has 0 radical (unpaired) electrons. The van der Waals surface area contributed by atoms with E-state index in [2.05, 4.69) is 10.9 Å². The summed E-state index contributed by atoms with van der Waals surface area (Å²) in [5, 5.41) is 0. The van der Waals surface area contributed by atoms with Crippen LogP contribution in [0.5, 0.6) is 0 Å². The van der Waals surface area contributed by atoms with E-state index in [1.165, 1.54) is 0 Å². The van der Waals surface area contributed by atoms with Gasteiger partial charge < -0.3 is 4.74 Å². The first-order valence-electron chi connectivity index (χ1n) is 8.76. The molecule has 6 heteroatoms. The van der Waals surface area contributed by atoms with Gasteiger partial charge in [-0.05, 0) is 44.0 Å². The lowest BCUT2D eigenvalue weighted by molar-refractivity contribution is -0.157. The molecule has 0 spiro atoms. The minimum Gasteiger partial charge on any atom is -0.459 e. The molecule has 0 unspecified atom stereocenters. The summed E-state index contributed by atoms with van der Waals surface area (Å²) in [5.41, 5.74) is 7.16. The zero-order chi connectivity index (χ0) is 19.9. The van der Waals surface area contributed by atoms with E-state index < -0.39 is 17.6 Å². The maximum Gasteiger partial charge on any atom is 0.325 e. The monoisotopic (exact) mass is 388 g/mol. The van der Waals surface area contributed by atoms with Gasteiger partial charge in [0.1, 0.15) is 11.6 Å². The van der Waals surface area contributed by atoms with Crippen molar-refractivity contribution in [3.63, 3.8) is 0 Å². The van der Waals surface area contributed by atoms with E-state index in [0.717, 1.165) is 11.1 Å². The molecule has 0 aliphatic rings. The van der Waals surface area contributed by atoms with Gasteiger partial charge in [-0.15, -0.1) is 11.6 Å². The fourth-order valence-corrected chi connectivity index (χ4v) is 2.56. The van der Waals surface area contributed by atoms with Crippen molar-refractivity contribution in [2.45, 2.75) is 44.7 Å². The number of carbonyl (C=O) groups excluding carboxylic acids is 2. The first-order chi connectivity index (χ1) is 12.8. The summed E-state index contributed by atoms with van der Waals surface area (Å²) < 4.78 is 5.47. The van der Waals surface area contributed by atoms with E-state index >= 15 is 0 Å². The molecular formula is C21H25ClN2O3. The van der Waals surface area contributed by atoms with Crippen molar-refractivity contribution in [2.24, 2.45) is 0 Å². The normalized spacial score (nSPS) is 12.3. The first-order valence-corrected chi connectivity index (χ1v) is 9.29. The number of halogens is 1. The Balaban J connectivity index is 2.05. The fraction of sp³-hybridized carbons (Fsp3) is 0.333. The van der Waals surface area contributed by atoms with E-state index in [0.29, 0.717) is 17.9 Å². The number of carbonyl (C=O) groups is 2. The molecule has 0 aliphatic heterocycles. The lowest BCUT2D eigenvalue weighted by Gasteiger charge is -2.25. The van der Waals surface area contributed by atoms with Crippen molar-refractivity contribution < 1.29 is 14.3 Å². The Morgan fingerprint density at radius 2 is 1.63 bits per heavy atom. The molecule has 2 aromatic rings. The lowest BCUT2D eigenvalue weighted by atomic mass is 10.1. The Labute approximate surface area is 165 Å². The van der Waals surface area contributed by atoms with Crippen molar-refractivity contribution in [1.82, 2.24) is 10.9 Å². The topological polar surface area (TPSA) is 67.4 Å². The Bertz CT molecular complexity index is 755. The average molecular weight is 389 g/mol. The SMILES string of the molecule is CC(C)(C)OC(=O)[C@H](Cc1ccccc1)NNC(=O)c1ccc(CCl)cc1. The molecule has 0 saturated heterocycles. The minimum atomic E-state index is -0.710. The summed E-state index contributed by atoms with van der Waals surface area (Å²) in [6.45, 7) is 5.42. The number of ether oxygens (including phenoxy) is 1. The Hall–Kier alpha value is -2.37. The second kappa shape index (κ2) is 9.53. The number of rotatable bonds is 7. The largest absolute Gasteiger partial charge is 0.459 e. The predicted molar refractivity (Wildman–Crippen MR) is 106 cm³/mol. The summed E-state index contributed by atoms with van der Waals surface area (Å²) >= 11 is 5.76. The van der Waals surface area contributed by atoms with E-state index in [1.807, 2.05) is 51.1 Å². The molecule has 0 bridgehead atoms. The highest BCUT2D eigenvalue weighted by Gasteiger charge is 2.26. The molecule has 2 aromatic carbocycles. The molecule has 2 rings (SSSR count). The van der Waals surface area contributed by atoms with Crippen molar-refractivity contribution in [3.05, 3.63) is 71.3 Å². The van der Waals surface area contributed by atoms with Crippen molar-refractivity contribution in [2.75, 3.05) is 0 Å². The van der Waals surface area contributed by atoms with Gasteiger partial charge in [0.15, 0.2) is 0 Å². The van der Waals surface area contributed by atoms with E-state index in [4.69, 9.17) is 16.3 Å². The molecule has 144 valence electrons. The second-order valence-electron chi connectivity index (χ2n) is 7.20. The van der Waals surface area contributed by atoms with Gasteiger partial charge in [0.25, 0.3) is 5.91 Å². The van der Waals surface area contributed by atoms with Crippen LogP contribution in [-0.2, 0) is 21.8 Å². The van der Waals surface area contributed by atoms with Gasteiger partial charge in [0.2, 0.25) is 0 Å². The predicted octanol–water partition coefficient (Wildman–Crippen LogP) is 3.61. The number of amides is 1. The van der Waals surface area contributed by atoms with Crippen LogP contribution < -0.4 is 10.9 Å². The molecule has 0 saturated carbocycles. The van der Waals surface area contributed by atoms with Crippen LogP contribution in [0.3, 0.4) is 0 Å². The van der Waals surface area contributed by atoms with Crippen LogP contribution in [0.1, 0.15) is 42.3 Å². The molecule has 0 fully saturated rings. The third-order valence-corrected chi connectivity index (χ3v) is 4.01. The zero-order valence-corrected chi connectivity index (χ0v) is 16.5.